The van der Waals surface area contributed by atoms with Gasteiger partial charge in [0, 0.05) is 12.8 Å². The quantitative estimate of drug-likeness (QED) is 0.658. The van der Waals surface area contributed by atoms with Crippen molar-refractivity contribution in [1.29, 1.82) is 0 Å². The van der Waals surface area contributed by atoms with Crippen LogP contribution >= 0.6 is 12.6 Å². The lowest BCUT2D eigenvalue weighted by Gasteiger charge is -1.91. The van der Waals surface area contributed by atoms with Crippen LogP contribution in [-0.4, -0.2) is 16.1 Å². The van der Waals surface area contributed by atoms with Crippen molar-refractivity contribution in [2.45, 2.75) is 24.5 Å². The van der Waals surface area contributed by atoms with Crippen LogP contribution < -0.4 is 5.73 Å². The van der Waals surface area contributed by atoms with Gasteiger partial charge in [0.2, 0.25) is 11.8 Å². The molecule has 0 bridgehead atoms. The number of carbonyl (C=O) groups excluding carboxylic acids is 1. The van der Waals surface area contributed by atoms with Crippen LogP contribution in [0.15, 0.2) is 9.64 Å². The van der Waals surface area contributed by atoms with Gasteiger partial charge in [-0.3, -0.25) is 4.79 Å². The molecule has 1 aromatic rings. The Labute approximate surface area is 74.7 Å². The van der Waals surface area contributed by atoms with Gasteiger partial charge >= 0.3 is 0 Å². The van der Waals surface area contributed by atoms with Crippen molar-refractivity contribution < 1.29 is 9.21 Å². The smallest absolute Gasteiger partial charge is 0.273 e. The van der Waals surface area contributed by atoms with E-state index in [0.29, 0.717) is 25.2 Å². The first-order valence-electron chi connectivity index (χ1n) is 3.48. The van der Waals surface area contributed by atoms with Gasteiger partial charge in [-0.1, -0.05) is 12.6 Å². The molecule has 0 aliphatic heterocycles. The lowest BCUT2D eigenvalue weighted by molar-refractivity contribution is -0.118. The molecule has 0 aliphatic carbocycles. The van der Waals surface area contributed by atoms with Gasteiger partial charge in [0.05, 0.1) is 0 Å². The van der Waals surface area contributed by atoms with Crippen LogP contribution in [0.1, 0.15) is 18.7 Å². The number of aromatic nitrogens is 2. The van der Waals surface area contributed by atoms with Crippen molar-refractivity contribution in [2.24, 2.45) is 5.73 Å². The van der Waals surface area contributed by atoms with Gasteiger partial charge in [-0.25, -0.2) is 0 Å². The molecule has 12 heavy (non-hydrogen) atoms. The van der Waals surface area contributed by atoms with Gasteiger partial charge < -0.3 is 10.2 Å². The third-order valence-corrected chi connectivity index (χ3v) is 1.45. The van der Waals surface area contributed by atoms with Crippen LogP contribution in [0, 0.1) is 0 Å². The minimum atomic E-state index is -0.319. The molecule has 0 fully saturated rings. The molecule has 0 spiro atoms. The van der Waals surface area contributed by atoms with E-state index in [4.69, 9.17) is 10.2 Å². The highest BCUT2D eigenvalue weighted by Gasteiger charge is 2.02. The molecule has 1 heterocycles. The number of aryl methyl sites for hydroxylation is 1. The van der Waals surface area contributed by atoms with Gasteiger partial charge in [-0.15, -0.1) is 10.2 Å². The summed E-state index contributed by atoms with van der Waals surface area (Å²) in [5.41, 5.74) is 4.94. The van der Waals surface area contributed by atoms with Crippen LogP contribution in [0.2, 0.25) is 0 Å². The second kappa shape index (κ2) is 4.10. The Morgan fingerprint density at radius 3 is 2.83 bits per heavy atom. The normalized spacial score (nSPS) is 10.1. The molecule has 0 aliphatic rings. The first-order valence-corrected chi connectivity index (χ1v) is 3.93. The van der Waals surface area contributed by atoms with E-state index < -0.39 is 0 Å². The molecule has 0 unspecified atom stereocenters. The summed E-state index contributed by atoms with van der Waals surface area (Å²) in [5.74, 6) is 0.168. The van der Waals surface area contributed by atoms with E-state index in [1.807, 2.05) is 0 Å². The third-order valence-electron chi connectivity index (χ3n) is 1.27. The van der Waals surface area contributed by atoms with E-state index in [2.05, 4.69) is 22.8 Å². The highest BCUT2D eigenvalue weighted by molar-refractivity contribution is 7.80. The Balaban J connectivity index is 2.29. The summed E-state index contributed by atoms with van der Waals surface area (Å²) in [4.78, 5) is 10.3. The largest absolute Gasteiger partial charge is 0.416 e. The number of hydrogen-bond donors (Lipinski definition) is 2. The summed E-state index contributed by atoms with van der Waals surface area (Å²) < 4.78 is 4.96. The number of carbonyl (C=O) groups is 1. The third kappa shape index (κ3) is 2.91. The minimum absolute atomic E-state index is 0.240. The summed E-state index contributed by atoms with van der Waals surface area (Å²) in [6, 6.07) is 0. The standard InChI is InChI=1S/C6H9N3O2S/c7-4(10)2-1-3-5-8-9-6(12)11-5/h1-3H2,(H2,7,10)(H,9,12). The van der Waals surface area contributed by atoms with E-state index >= 15 is 0 Å². The van der Waals surface area contributed by atoms with Gasteiger partial charge in [0.15, 0.2) is 0 Å². The average molecular weight is 187 g/mol. The molecule has 2 N–H and O–H groups in total. The fourth-order valence-corrected chi connectivity index (χ4v) is 0.910. The van der Waals surface area contributed by atoms with Crippen molar-refractivity contribution in [3.63, 3.8) is 0 Å². The maximum absolute atomic E-state index is 10.3. The summed E-state index contributed by atoms with van der Waals surface area (Å²) in [7, 11) is 0. The van der Waals surface area contributed by atoms with E-state index in [1.165, 1.54) is 0 Å². The molecule has 6 heteroatoms. The van der Waals surface area contributed by atoms with Crippen molar-refractivity contribution >= 4 is 18.5 Å². The molecule has 66 valence electrons. The molecular formula is C6H9N3O2S. The minimum Gasteiger partial charge on any atom is -0.416 e. The topological polar surface area (TPSA) is 82.0 Å². The molecule has 0 atom stereocenters. The molecule has 0 saturated heterocycles. The van der Waals surface area contributed by atoms with E-state index in [0.717, 1.165) is 0 Å². The molecule has 1 amide bonds. The second-order valence-electron chi connectivity index (χ2n) is 2.30. The fraction of sp³-hybridized carbons (Fsp3) is 0.500. The molecule has 0 aromatic carbocycles. The van der Waals surface area contributed by atoms with Gasteiger partial charge in [0.1, 0.15) is 0 Å². The number of rotatable bonds is 4. The van der Waals surface area contributed by atoms with Gasteiger partial charge in [-0.05, 0) is 6.42 Å². The maximum Gasteiger partial charge on any atom is 0.273 e. The zero-order chi connectivity index (χ0) is 8.97. The van der Waals surface area contributed by atoms with Crippen LogP contribution in [0.4, 0.5) is 0 Å². The zero-order valence-electron chi connectivity index (χ0n) is 6.36. The van der Waals surface area contributed by atoms with Crippen molar-refractivity contribution in [2.75, 3.05) is 0 Å². The van der Waals surface area contributed by atoms with Crippen molar-refractivity contribution in [3.8, 4) is 0 Å². The van der Waals surface area contributed by atoms with Crippen LogP contribution in [0.5, 0.6) is 0 Å². The van der Waals surface area contributed by atoms with E-state index in [1.54, 1.807) is 0 Å². The Morgan fingerprint density at radius 2 is 2.33 bits per heavy atom. The number of nitrogens with zero attached hydrogens (tertiary/aromatic N) is 2. The number of primary amides is 1. The molecule has 1 rings (SSSR count). The zero-order valence-corrected chi connectivity index (χ0v) is 7.25. The lowest BCUT2D eigenvalue weighted by Crippen LogP contribution is -2.10. The first kappa shape index (κ1) is 9.05. The van der Waals surface area contributed by atoms with Gasteiger partial charge in [-0.2, -0.15) is 0 Å². The number of amides is 1. The summed E-state index contributed by atoms with van der Waals surface area (Å²) >= 11 is 3.84. The van der Waals surface area contributed by atoms with E-state index in [9.17, 15) is 4.79 Å². The highest BCUT2D eigenvalue weighted by atomic mass is 32.1. The predicted molar refractivity (Wildman–Crippen MR) is 43.7 cm³/mol. The predicted octanol–water partition coefficient (Wildman–Crippen LogP) is 0.166. The number of nitrogens with two attached hydrogens (primary N) is 1. The lowest BCUT2D eigenvalue weighted by atomic mass is 10.2. The number of hydrogen-bond acceptors (Lipinski definition) is 5. The molecule has 0 saturated carbocycles. The summed E-state index contributed by atoms with van der Waals surface area (Å²) in [6.45, 7) is 0. The van der Waals surface area contributed by atoms with Gasteiger partial charge in [0.25, 0.3) is 5.22 Å². The van der Waals surface area contributed by atoms with E-state index in [-0.39, 0.29) is 11.1 Å². The Kier molecular flexibility index (Phi) is 3.09. The Hall–Kier alpha value is -1.04. The highest BCUT2D eigenvalue weighted by Crippen LogP contribution is 2.06. The molecule has 1 aromatic heterocycles. The van der Waals surface area contributed by atoms with Crippen LogP contribution in [0.3, 0.4) is 0 Å². The summed E-state index contributed by atoms with van der Waals surface area (Å²) in [6.07, 6.45) is 1.53. The molecule has 5 nitrogen and oxygen atoms in total. The van der Waals surface area contributed by atoms with Crippen molar-refractivity contribution in [1.82, 2.24) is 10.2 Å². The monoisotopic (exact) mass is 187 g/mol. The first-order chi connectivity index (χ1) is 5.68. The SMILES string of the molecule is NC(=O)CCCc1nnc(S)o1. The molecular weight excluding hydrogens is 178 g/mol. The van der Waals surface area contributed by atoms with Crippen LogP contribution in [0.25, 0.3) is 0 Å². The average Bonchev–Trinajstić information content (AvgIpc) is 2.35. The second-order valence-corrected chi connectivity index (χ2v) is 2.68. The molecule has 0 radical (unpaired) electrons. The van der Waals surface area contributed by atoms with Crippen LogP contribution in [-0.2, 0) is 11.2 Å². The van der Waals surface area contributed by atoms with Crippen molar-refractivity contribution in [3.05, 3.63) is 5.89 Å². The Bertz CT molecular complexity index is 274. The number of thiol groups is 1. The maximum atomic E-state index is 10.3. The fourth-order valence-electron chi connectivity index (χ4n) is 0.760. The summed E-state index contributed by atoms with van der Waals surface area (Å²) in [5, 5.41) is 7.45. The Morgan fingerprint density at radius 1 is 1.58 bits per heavy atom.